The number of benzene rings is 2. The second kappa shape index (κ2) is 7.81. The fourth-order valence-electron chi connectivity index (χ4n) is 4.09. The van der Waals surface area contributed by atoms with Gasteiger partial charge in [-0.25, -0.2) is 4.39 Å². The molecular weight excluding hydrogens is 339 g/mol. The Hall–Kier alpha value is -2.20. The molecule has 0 aromatic heterocycles. The Balaban J connectivity index is 1.54. The van der Waals surface area contributed by atoms with Gasteiger partial charge in [0.2, 0.25) is 5.91 Å². The Kier molecular flexibility index (Phi) is 5.26. The smallest absolute Gasteiger partial charge is 0.224 e. The molecule has 1 aliphatic heterocycles. The van der Waals surface area contributed by atoms with Crippen LogP contribution in [0.15, 0.2) is 48.5 Å². The second-order valence-electron chi connectivity index (χ2n) is 8.11. The van der Waals surface area contributed by atoms with Crippen molar-refractivity contribution in [2.45, 2.75) is 44.7 Å². The highest BCUT2D eigenvalue weighted by atomic mass is 19.1. The molecule has 0 bridgehead atoms. The number of carbonyl (C=O) groups excluding carboxylic acids is 1. The third-order valence-electron chi connectivity index (χ3n) is 5.69. The fraction of sp³-hybridized carbons (Fsp3) is 0.435. The van der Waals surface area contributed by atoms with Crippen molar-refractivity contribution in [3.63, 3.8) is 0 Å². The Morgan fingerprint density at radius 1 is 1.15 bits per heavy atom. The first-order valence-corrected chi connectivity index (χ1v) is 9.91. The first kappa shape index (κ1) is 18.2. The summed E-state index contributed by atoms with van der Waals surface area (Å²) in [5.74, 6) is 0.236. The molecule has 1 heterocycles. The first-order chi connectivity index (χ1) is 13.1. The highest BCUT2D eigenvalue weighted by molar-refractivity contribution is 5.79. The van der Waals surface area contributed by atoms with E-state index in [0.717, 1.165) is 25.8 Å². The molecule has 4 heteroatoms. The molecule has 142 valence electrons. The van der Waals surface area contributed by atoms with Crippen LogP contribution in [0.1, 0.15) is 41.9 Å². The standard InChI is InChI=1S/C23H27FN2O/c1-16-5-4-7-17(11-16)19-12-20(23(27)25-21-9-10-21)15-26(14-19)13-18-6-2-3-8-22(18)24/h2-8,11,19-21H,9-10,12-15H2,1H3,(H,25,27)/t19-,20+/m0/s1. The molecule has 1 saturated heterocycles. The molecule has 2 fully saturated rings. The lowest BCUT2D eigenvalue weighted by Crippen LogP contribution is -2.46. The third kappa shape index (κ3) is 4.56. The molecule has 0 spiro atoms. The number of amides is 1. The SMILES string of the molecule is Cc1cccc([C@H]2C[C@@H](C(=O)NC3CC3)CN(Cc3ccccc3F)C2)c1. The summed E-state index contributed by atoms with van der Waals surface area (Å²) < 4.78 is 14.1. The molecule has 0 unspecified atom stereocenters. The highest BCUT2D eigenvalue weighted by Crippen LogP contribution is 2.32. The number of likely N-dealkylation sites (tertiary alicyclic amines) is 1. The molecule has 1 aliphatic carbocycles. The van der Waals surface area contributed by atoms with Gasteiger partial charge in [0.15, 0.2) is 0 Å². The molecule has 0 radical (unpaired) electrons. The molecule has 27 heavy (non-hydrogen) atoms. The quantitative estimate of drug-likeness (QED) is 0.867. The summed E-state index contributed by atoms with van der Waals surface area (Å²) >= 11 is 0. The minimum absolute atomic E-state index is 0.0448. The molecule has 1 amide bonds. The van der Waals surface area contributed by atoms with Crippen LogP contribution in [-0.4, -0.2) is 29.9 Å². The largest absolute Gasteiger partial charge is 0.353 e. The summed E-state index contributed by atoms with van der Waals surface area (Å²) in [6.07, 6.45) is 3.05. The number of nitrogens with one attached hydrogen (secondary N) is 1. The maximum Gasteiger partial charge on any atom is 0.224 e. The predicted octanol–water partition coefficient (Wildman–Crippen LogP) is 4.02. The van der Waals surface area contributed by atoms with Gasteiger partial charge in [-0.15, -0.1) is 0 Å². The lowest BCUT2D eigenvalue weighted by molar-refractivity contribution is -0.127. The average Bonchev–Trinajstić information content (AvgIpc) is 3.47. The number of carbonyl (C=O) groups is 1. The summed E-state index contributed by atoms with van der Waals surface area (Å²) in [6.45, 7) is 4.18. The van der Waals surface area contributed by atoms with Crippen molar-refractivity contribution < 1.29 is 9.18 Å². The van der Waals surface area contributed by atoms with Crippen molar-refractivity contribution in [2.75, 3.05) is 13.1 Å². The van der Waals surface area contributed by atoms with Crippen molar-refractivity contribution in [3.05, 3.63) is 71.0 Å². The monoisotopic (exact) mass is 366 g/mol. The molecule has 2 aromatic carbocycles. The zero-order valence-corrected chi connectivity index (χ0v) is 15.8. The van der Waals surface area contributed by atoms with E-state index < -0.39 is 0 Å². The number of hydrogen-bond acceptors (Lipinski definition) is 2. The normalized spacial score (nSPS) is 23.2. The van der Waals surface area contributed by atoms with Gasteiger partial charge in [-0.1, -0.05) is 48.0 Å². The molecule has 2 aromatic rings. The molecule has 2 aliphatic rings. The third-order valence-corrected chi connectivity index (χ3v) is 5.69. The Morgan fingerprint density at radius 3 is 2.70 bits per heavy atom. The van der Waals surface area contributed by atoms with E-state index in [0.29, 0.717) is 30.6 Å². The maximum atomic E-state index is 14.1. The number of rotatable bonds is 5. The Morgan fingerprint density at radius 2 is 1.96 bits per heavy atom. The summed E-state index contributed by atoms with van der Waals surface area (Å²) in [5.41, 5.74) is 3.21. The van der Waals surface area contributed by atoms with E-state index in [4.69, 9.17) is 0 Å². The van der Waals surface area contributed by atoms with E-state index in [1.165, 1.54) is 17.2 Å². The average molecular weight is 366 g/mol. The van der Waals surface area contributed by atoms with Crippen LogP contribution in [0.25, 0.3) is 0 Å². The fourth-order valence-corrected chi connectivity index (χ4v) is 4.09. The van der Waals surface area contributed by atoms with Crippen molar-refractivity contribution in [1.82, 2.24) is 10.2 Å². The lowest BCUT2D eigenvalue weighted by Gasteiger charge is -2.37. The molecule has 2 atom stereocenters. The maximum absolute atomic E-state index is 14.1. The van der Waals surface area contributed by atoms with Gasteiger partial charge in [-0.05, 0) is 43.7 Å². The number of nitrogens with zero attached hydrogens (tertiary/aromatic N) is 1. The Labute approximate surface area is 160 Å². The Bertz CT molecular complexity index is 818. The summed E-state index contributed by atoms with van der Waals surface area (Å²) in [5, 5.41) is 3.16. The van der Waals surface area contributed by atoms with Gasteiger partial charge in [0.1, 0.15) is 5.82 Å². The van der Waals surface area contributed by atoms with Crippen LogP contribution in [-0.2, 0) is 11.3 Å². The molecular formula is C23H27FN2O. The van der Waals surface area contributed by atoms with Crippen molar-refractivity contribution in [2.24, 2.45) is 5.92 Å². The van der Waals surface area contributed by atoms with Gasteiger partial charge >= 0.3 is 0 Å². The van der Waals surface area contributed by atoms with Gasteiger partial charge in [-0.3, -0.25) is 9.69 Å². The lowest BCUT2D eigenvalue weighted by atomic mass is 9.83. The van der Waals surface area contributed by atoms with Crippen molar-refractivity contribution >= 4 is 5.91 Å². The van der Waals surface area contributed by atoms with Crippen LogP contribution in [0, 0.1) is 18.7 Å². The van der Waals surface area contributed by atoms with Gasteiger partial charge in [0, 0.05) is 31.2 Å². The van der Waals surface area contributed by atoms with Crippen LogP contribution in [0.2, 0.25) is 0 Å². The first-order valence-electron chi connectivity index (χ1n) is 9.91. The molecule has 1 saturated carbocycles. The second-order valence-corrected chi connectivity index (χ2v) is 8.11. The van der Waals surface area contributed by atoms with E-state index in [-0.39, 0.29) is 17.6 Å². The number of halogens is 1. The van der Waals surface area contributed by atoms with E-state index in [9.17, 15) is 9.18 Å². The van der Waals surface area contributed by atoms with E-state index >= 15 is 0 Å². The van der Waals surface area contributed by atoms with E-state index in [1.807, 2.05) is 12.1 Å². The van der Waals surface area contributed by atoms with E-state index in [1.54, 1.807) is 6.07 Å². The van der Waals surface area contributed by atoms with Crippen LogP contribution >= 0.6 is 0 Å². The van der Waals surface area contributed by atoms with Gasteiger partial charge < -0.3 is 5.32 Å². The minimum atomic E-state index is -0.172. The van der Waals surface area contributed by atoms with Crippen LogP contribution in [0.4, 0.5) is 4.39 Å². The summed E-state index contributed by atoms with van der Waals surface area (Å²) in [4.78, 5) is 15.0. The number of piperidine rings is 1. The molecule has 4 rings (SSSR count). The number of hydrogen-bond donors (Lipinski definition) is 1. The van der Waals surface area contributed by atoms with Crippen LogP contribution < -0.4 is 5.32 Å². The minimum Gasteiger partial charge on any atom is -0.353 e. The van der Waals surface area contributed by atoms with Crippen LogP contribution in [0.5, 0.6) is 0 Å². The number of aryl methyl sites for hydroxylation is 1. The van der Waals surface area contributed by atoms with Gasteiger partial charge in [-0.2, -0.15) is 0 Å². The highest BCUT2D eigenvalue weighted by Gasteiger charge is 2.35. The predicted molar refractivity (Wildman–Crippen MR) is 105 cm³/mol. The zero-order valence-electron chi connectivity index (χ0n) is 15.8. The van der Waals surface area contributed by atoms with Crippen LogP contribution in [0.3, 0.4) is 0 Å². The van der Waals surface area contributed by atoms with Gasteiger partial charge in [0.25, 0.3) is 0 Å². The van der Waals surface area contributed by atoms with Gasteiger partial charge in [0.05, 0.1) is 5.92 Å². The van der Waals surface area contributed by atoms with Crippen molar-refractivity contribution in [1.29, 1.82) is 0 Å². The molecule has 1 N–H and O–H groups in total. The summed E-state index contributed by atoms with van der Waals surface area (Å²) in [7, 11) is 0. The topological polar surface area (TPSA) is 32.3 Å². The van der Waals surface area contributed by atoms with Crippen molar-refractivity contribution in [3.8, 4) is 0 Å². The zero-order chi connectivity index (χ0) is 18.8. The molecule has 3 nitrogen and oxygen atoms in total. The summed E-state index contributed by atoms with van der Waals surface area (Å²) in [6, 6.07) is 15.9. The van der Waals surface area contributed by atoms with E-state index in [2.05, 4.69) is 41.4 Å².